The minimum atomic E-state index is -0.763. The van der Waals surface area contributed by atoms with Crippen LogP contribution in [0.25, 0.3) is 0 Å². The Hall–Kier alpha value is -1.39. The second-order valence-corrected chi connectivity index (χ2v) is 4.81. The molecule has 0 aliphatic rings. The summed E-state index contributed by atoms with van der Waals surface area (Å²) in [6.07, 6.45) is 2.02. The number of aliphatic hydroxyl groups is 1. The number of rotatable bonds is 9. The van der Waals surface area contributed by atoms with Gasteiger partial charge in [0, 0.05) is 6.42 Å². The largest absolute Gasteiger partial charge is 0.481 e. The molecule has 0 spiro atoms. The highest BCUT2D eigenvalue weighted by molar-refractivity contribution is 5.67. The van der Waals surface area contributed by atoms with Crippen LogP contribution in [0, 0.1) is 5.92 Å². The number of aliphatic carboxylic acids is 1. The first-order valence-corrected chi connectivity index (χ1v) is 6.78. The Morgan fingerprint density at radius 2 is 2.00 bits per heavy atom. The minimum absolute atomic E-state index is 0.00985. The number of benzene rings is 1. The third kappa shape index (κ3) is 5.85. The van der Waals surface area contributed by atoms with E-state index in [2.05, 4.69) is 12.2 Å². The van der Waals surface area contributed by atoms with Gasteiger partial charge in [0.2, 0.25) is 0 Å². The van der Waals surface area contributed by atoms with E-state index in [0.29, 0.717) is 6.54 Å². The fraction of sp³-hybridized carbons (Fsp3) is 0.533. The lowest BCUT2D eigenvalue weighted by atomic mass is 9.98. The molecule has 3 N–H and O–H groups in total. The summed E-state index contributed by atoms with van der Waals surface area (Å²) >= 11 is 0. The van der Waals surface area contributed by atoms with E-state index in [1.165, 1.54) is 0 Å². The summed E-state index contributed by atoms with van der Waals surface area (Å²) in [4.78, 5) is 10.8. The van der Waals surface area contributed by atoms with Gasteiger partial charge in [0.15, 0.2) is 0 Å². The smallest absolute Gasteiger partial charge is 0.303 e. The molecule has 0 heterocycles. The topological polar surface area (TPSA) is 69.6 Å². The van der Waals surface area contributed by atoms with E-state index >= 15 is 0 Å². The van der Waals surface area contributed by atoms with Crippen LogP contribution in [-0.2, 0) is 4.79 Å². The van der Waals surface area contributed by atoms with Gasteiger partial charge in [0.1, 0.15) is 0 Å². The number of carboxylic acids is 1. The highest BCUT2D eigenvalue weighted by Crippen LogP contribution is 2.15. The molecule has 0 radical (unpaired) electrons. The predicted octanol–water partition coefficient (Wildman–Crippen LogP) is 2.20. The average molecular weight is 265 g/mol. The van der Waals surface area contributed by atoms with E-state index in [4.69, 9.17) is 5.11 Å². The molecule has 0 bridgehead atoms. The van der Waals surface area contributed by atoms with Crippen LogP contribution >= 0.6 is 0 Å². The van der Waals surface area contributed by atoms with Crippen LogP contribution in [0.1, 0.15) is 37.8 Å². The SMILES string of the molecule is CCCC(CNC(CO)c1ccccc1)CC(=O)O. The molecule has 2 unspecified atom stereocenters. The van der Waals surface area contributed by atoms with Crippen LogP contribution in [0.2, 0.25) is 0 Å². The van der Waals surface area contributed by atoms with E-state index in [-0.39, 0.29) is 25.0 Å². The molecule has 0 aliphatic carbocycles. The van der Waals surface area contributed by atoms with Crippen molar-refractivity contribution in [1.29, 1.82) is 0 Å². The maximum Gasteiger partial charge on any atom is 0.303 e. The lowest BCUT2D eigenvalue weighted by Gasteiger charge is -2.21. The van der Waals surface area contributed by atoms with Gasteiger partial charge >= 0.3 is 5.97 Å². The third-order valence-corrected chi connectivity index (χ3v) is 3.20. The van der Waals surface area contributed by atoms with Gasteiger partial charge in [0.05, 0.1) is 12.6 Å². The summed E-state index contributed by atoms with van der Waals surface area (Å²) in [5.41, 5.74) is 1.02. The van der Waals surface area contributed by atoms with Gasteiger partial charge in [-0.05, 0) is 24.4 Å². The van der Waals surface area contributed by atoms with Crippen molar-refractivity contribution in [2.24, 2.45) is 5.92 Å². The molecule has 1 aromatic carbocycles. The van der Waals surface area contributed by atoms with Gasteiger partial charge in [-0.15, -0.1) is 0 Å². The van der Waals surface area contributed by atoms with Crippen molar-refractivity contribution >= 4 is 5.97 Å². The molecule has 19 heavy (non-hydrogen) atoms. The van der Waals surface area contributed by atoms with Crippen molar-refractivity contribution < 1.29 is 15.0 Å². The Morgan fingerprint density at radius 3 is 2.53 bits per heavy atom. The molecule has 0 aromatic heterocycles. The molecule has 2 atom stereocenters. The normalized spacial score (nSPS) is 14.0. The number of aliphatic hydroxyl groups excluding tert-OH is 1. The van der Waals surface area contributed by atoms with Crippen LogP contribution in [0.3, 0.4) is 0 Å². The van der Waals surface area contributed by atoms with Crippen LogP contribution < -0.4 is 5.32 Å². The highest BCUT2D eigenvalue weighted by atomic mass is 16.4. The first-order valence-electron chi connectivity index (χ1n) is 6.78. The monoisotopic (exact) mass is 265 g/mol. The predicted molar refractivity (Wildman–Crippen MR) is 74.9 cm³/mol. The summed E-state index contributed by atoms with van der Waals surface area (Å²) in [6, 6.07) is 9.58. The van der Waals surface area contributed by atoms with Crippen molar-refractivity contribution in [3.63, 3.8) is 0 Å². The molecule has 1 aromatic rings. The molecular formula is C15H23NO3. The summed E-state index contributed by atoms with van der Waals surface area (Å²) in [5, 5.41) is 21.6. The van der Waals surface area contributed by atoms with Crippen molar-refractivity contribution in [3.05, 3.63) is 35.9 Å². The van der Waals surface area contributed by atoms with Crippen molar-refractivity contribution in [2.45, 2.75) is 32.2 Å². The summed E-state index contributed by atoms with van der Waals surface area (Å²) in [7, 11) is 0. The van der Waals surface area contributed by atoms with Crippen LogP contribution in [0.4, 0.5) is 0 Å². The van der Waals surface area contributed by atoms with Crippen molar-refractivity contribution in [1.82, 2.24) is 5.32 Å². The molecule has 0 amide bonds. The Balaban J connectivity index is 2.53. The number of carbonyl (C=O) groups is 1. The average Bonchev–Trinajstić information content (AvgIpc) is 2.40. The molecule has 0 fully saturated rings. The Bertz CT molecular complexity index is 367. The van der Waals surface area contributed by atoms with Crippen LogP contribution in [-0.4, -0.2) is 29.3 Å². The van der Waals surface area contributed by atoms with Gasteiger partial charge in [0.25, 0.3) is 0 Å². The number of hydrogen-bond acceptors (Lipinski definition) is 3. The summed E-state index contributed by atoms with van der Waals surface area (Å²) in [5.74, 6) is -0.652. The van der Waals surface area contributed by atoms with Gasteiger partial charge in [-0.1, -0.05) is 43.7 Å². The zero-order valence-corrected chi connectivity index (χ0v) is 11.4. The van der Waals surface area contributed by atoms with Gasteiger partial charge in [-0.3, -0.25) is 4.79 Å². The van der Waals surface area contributed by atoms with Gasteiger partial charge in [-0.25, -0.2) is 0 Å². The molecule has 4 heteroatoms. The molecule has 0 saturated heterocycles. The quantitative estimate of drug-likeness (QED) is 0.640. The lowest BCUT2D eigenvalue weighted by molar-refractivity contribution is -0.138. The second kappa shape index (κ2) is 8.67. The van der Waals surface area contributed by atoms with E-state index in [1.54, 1.807) is 0 Å². The number of hydrogen-bond donors (Lipinski definition) is 3. The number of carboxylic acid groups (broad SMARTS) is 1. The first kappa shape index (κ1) is 15.7. The van der Waals surface area contributed by atoms with E-state index in [1.807, 2.05) is 30.3 Å². The lowest BCUT2D eigenvalue weighted by Crippen LogP contribution is -2.30. The van der Waals surface area contributed by atoms with E-state index in [9.17, 15) is 9.90 Å². The van der Waals surface area contributed by atoms with E-state index in [0.717, 1.165) is 18.4 Å². The molecule has 0 saturated carbocycles. The summed E-state index contributed by atoms with van der Waals surface area (Å²) < 4.78 is 0. The third-order valence-electron chi connectivity index (χ3n) is 3.20. The van der Waals surface area contributed by atoms with Gasteiger partial charge < -0.3 is 15.5 Å². The Kier molecular flexibility index (Phi) is 7.15. The highest BCUT2D eigenvalue weighted by Gasteiger charge is 2.15. The number of nitrogens with one attached hydrogen (secondary N) is 1. The summed E-state index contributed by atoms with van der Waals surface area (Å²) in [6.45, 7) is 2.67. The fourth-order valence-electron chi connectivity index (χ4n) is 2.21. The van der Waals surface area contributed by atoms with Crippen LogP contribution in [0.15, 0.2) is 30.3 Å². The molecule has 1 rings (SSSR count). The Morgan fingerprint density at radius 1 is 1.32 bits per heavy atom. The maximum absolute atomic E-state index is 10.8. The van der Waals surface area contributed by atoms with Gasteiger partial charge in [-0.2, -0.15) is 0 Å². The zero-order valence-electron chi connectivity index (χ0n) is 11.4. The fourth-order valence-corrected chi connectivity index (χ4v) is 2.21. The second-order valence-electron chi connectivity index (χ2n) is 4.81. The van der Waals surface area contributed by atoms with Crippen molar-refractivity contribution in [3.8, 4) is 0 Å². The Labute approximate surface area is 114 Å². The van der Waals surface area contributed by atoms with Crippen molar-refractivity contribution in [2.75, 3.05) is 13.2 Å². The molecular weight excluding hydrogens is 242 g/mol. The molecule has 106 valence electrons. The molecule has 0 aliphatic heterocycles. The standard InChI is InChI=1S/C15H23NO3/c1-2-6-12(9-15(18)19)10-16-14(11-17)13-7-4-3-5-8-13/h3-5,7-8,12,14,16-17H,2,6,9-11H2,1H3,(H,18,19). The maximum atomic E-state index is 10.8. The minimum Gasteiger partial charge on any atom is -0.481 e. The van der Waals surface area contributed by atoms with E-state index < -0.39 is 5.97 Å². The molecule has 4 nitrogen and oxygen atoms in total. The zero-order chi connectivity index (χ0) is 14.1. The van der Waals surface area contributed by atoms with Crippen LogP contribution in [0.5, 0.6) is 0 Å². The first-order chi connectivity index (χ1) is 9.17.